The molecule has 0 amide bonds. The SMILES string of the molecule is CCn1nc(C)cc1CN(C)C(CC)(CC)CN. The predicted octanol–water partition coefficient (Wildman–Crippen LogP) is 2.16. The molecule has 1 heterocycles. The zero-order valence-corrected chi connectivity index (χ0v) is 12.5. The molecule has 0 fully saturated rings. The zero-order chi connectivity index (χ0) is 13.8. The molecule has 0 radical (unpaired) electrons. The van der Waals surface area contributed by atoms with Gasteiger partial charge in [-0.1, -0.05) is 13.8 Å². The highest BCUT2D eigenvalue weighted by Crippen LogP contribution is 2.23. The molecule has 2 N–H and O–H groups in total. The van der Waals surface area contributed by atoms with E-state index in [0.29, 0.717) is 6.54 Å². The average molecular weight is 252 g/mol. The van der Waals surface area contributed by atoms with Crippen LogP contribution in [0.15, 0.2) is 6.07 Å². The van der Waals surface area contributed by atoms with Crippen LogP contribution < -0.4 is 5.73 Å². The number of hydrogen-bond donors (Lipinski definition) is 1. The van der Waals surface area contributed by atoms with Crippen LogP contribution in [-0.2, 0) is 13.1 Å². The van der Waals surface area contributed by atoms with E-state index in [4.69, 9.17) is 5.73 Å². The number of rotatable bonds is 7. The van der Waals surface area contributed by atoms with Gasteiger partial charge >= 0.3 is 0 Å². The van der Waals surface area contributed by atoms with Crippen LogP contribution in [-0.4, -0.2) is 33.8 Å². The molecule has 4 nitrogen and oxygen atoms in total. The molecule has 0 aromatic carbocycles. The van der Waals surface area contributed by atoms with Gasteiger partial charge in [0.1, 0.15) is 0 Å². The lowest BCUT2D eigenvalue weighted by Gasteiger charge is -2.40. The van der Waals surface area contributed by atoms with E-state index in [1.807, 2.05) is 6.92 Å². The zero-order valence-electron chi connectivity index (χ0n) is 12.5. The predicted molar refractivity (Wildman–Crippen MR) is 76.5 cm³/mol. The fourth-order valence-electron chi connectivity index (χ4n) is 2.65. The van der Waals surface area contributed by atoms with Crippen molar-refractivity contribution in [2.45, 2.75) is 59.2 Å². The summed E-state index contributed by atoms with van der Waals surface area (Å²) in [4.78, 5) is 2.38. The minimum Gasteiger partial charge on any atom is -0.329 e. The molecule has 0 unspecified atom stereocenters. The fourth-order valence-corrected chi connectivity index (χ4v) is 2.65. The summed E-state index contributed by atoms with van der Waals surface area (Å²) in [6.45, 7) is 11.1. The fraction of sp³-hybridized carbons (Fsp3) is 0.786. The van der Waals surface area contributed by atoms with Gasteiger partial charge < -0.3 is 5.73 Å². The van der Waals surface area contributed by atoms with Crippen LogP contribution in [0.25, 0.3) is 0 Å². The number of hydrogen-bond acceptors (Lipinski definition) is 3. The van der Waals surface area contributed by atoms with E-state index in [9.17, 15) is 0 Å². The molecule has 0 aliphatic rings. The summed E-state index contributed by atoms with van der Waals surface area (Å²) < 4.78 is 2.08. The van der Waals surface area contributed by atoms with Crippen molar-refractivity contribution >= 4 is 0 Å². The standard InChI is InChI=1S/C14H28N4/c1-6-14(7-2,11-15)17(5)10-13-9-12(4)16-18(13)8-3/h9H,6-8,10-11,15H2,1-5H3. The highest BCUT2D eigenvalue weighted by Gasteiger charge is 2.29. The molecule has 1 aromatic heterocycles. The molecule has 0 saturated heterocycles. The lowest BCUT2D eigenvalue weighted by atomic mass is 9.91. The second-order valence-electron chi connectivity index (χ2n) is 5.08. The van der Waals surface area contributed by atoms with E-state index >= 15 is 0 Å². The van der Waals surface area contributed by atoms with Gasteiger partial charge in [-0.05, 0) is 39.8 Å². The van der Waals surface area contributed by atoms with Gasteiger partial charge in [0.05, 0.1) is 11.4 Å². The molecule has 1 aromatic rings. The molecule has 0 bridgehead atoms. The van der Waals surface area contributed by atoms with Gasteiger partial charge in [-0.25, -0.2) is 0 Å². The minimum absolute atomic E-state index is 0.108. The van der Waals surface area contributed by atoms with Gasteiger partial charge in [0.25, 0.3) is 0 Å². The molecule has 4 heteroatoms. The Hall–Kier alpha value is -0.870. The van der Waals surface area contributed by atoms with Crippen LogP contribution in [0.3, 0.4) is 0 Å². The highest BCUT2D eigenvalue weighted by molar-refractivity contribution is 5.09. The van der Waals surface area contributed by atoms with Crippen molar-refractivity contribution in [3.63, 3.8) is 0 Å². The largest absolute Gasteiger partial charge is 0.329 e. The second-order valence-corrected chi connectivity index (χ2v) is 5.08. The average Bonchev–Trinajstić information content (AvgIpc) is 2.72. The van der Waals surface area contributed by atoms with E-state index in [1.54, 1.807) is 0 Å². The molecular weight excluding hydrogens is 224 g/mol. The third kappa shape index (κ3) is 2.93. The summed E-state index contributed by atoms with van der Waals surface area (Å²) in [6.07, 6.45) is 2.16. The number of aromatic nitrogens is 2. The molecule has 0 aliphatic carbocycles. The Morgan fingerprint density at radius 2 is 1.94 bits per heavy atom. The van der Waals surface area contributed by atoms with Crippen molar-refractivity contribution in [1.29, 1.82) is 0 Å². The van der Waals surface area contributed by atoms with Gasteiger partial charge in [-0.15, -0.1) is 0 Å². The maximum atomic E-state index is 6.00. The van der Waals surface area contributed by atoms with Gasteiger partial charge in [0, 0.05) is 25.2 Å². The first kappa shape index (κ1) is 15.2. The number of aryl methyl sites for hydroxylation is 2. The summed E-state index contributed by atoms with van der Waals surface area (Å²) >= 11 is 0. The highest BCUT2D eigenvalue weighted by atomic mass is 15.3. The summed E-state index contributed by atoms with van der Waals surface area (Å²) in [7, 11) is 2.17. The number of likely N-dealkylation sites (N-methyl/N-ethyl adjacent to an activating group) is 1. The third-order valence-corrected chi connectivity index (χ3v) is 4.19. The second kappa shape index (κ2) is 6.34. The van der Waals surface area contributed by atoms with Crippen molar-refractivity contribution in [2.75, 3.05) is 13.6 Å². The molecule has 104 valence electrons. The molecular formula is C14H28N4. The van der Waals surface area contributed by atoms with Crippen LogP contribution >= 0.6 is 0 Å². The first-order valence-electron chi connectivity index (χ1n) is 6.97. The van der Waals surface area contributed by atoms with Crippen molar-refractivity contribution in [3.8, 4) is 0 Å². The van der Waals surface area contributed by atoms with E-state index in [2.05, 4.69) is 48.6 Å². The molecule has 0 saturated carbocycles. The van der Waals surface area contributed by atoms with Gasteiger partial charge in [-0.3, -0.25) is 9.58 Å². The first-order valence-corrected chi connectivity index (χ1v) is 6.97. The molecule has 0 aliphatic heterocycles. The minimum atomic E-state index is 0.108. The Kier molecular flexibility index (Phi) is 5.35. The van der Waals surface area contributed by atoms with Crippen molar-refractivity contribution in [3.05, 3.63) is 17.5 Å². The molecule has 0 spiro atoms. The molecule has 18 heavy (non-hydrogen) atoms. The van der Waals surface area contributed by atoms with Gasteiger partial charge in [-0.2, -0.15) is 5.10 Å². The van der Waals surface area contributed by atoms with E-state index in [1.165, 1.54) is 5.69 Å². The number of nitrogens with two attached hydrogens (primary N) is 1. The lowest BCUT2D eigenvalue weighted by molar-refractivity contribution is 0.105. The normalized spacial score (nSPS) is 12.4. The summed E-state index contributed by atoms with van der Waals surface area (Å²) in [6, 6.07) is 2.17. The van der Waals surface area contributed by atoms with Crippen LogP contribution in [0, 0.1) is 6.92 Å². The first-order chi connectivity index (χ1) is 8.52. The van der Waals surface area contributed by atoms with Crippen LogP contribution in [0.2, 0.25) is 0 Å². The Morgan fingerprint density at radius 1 is 1.33 bits per heavy atom. The molecule has 0 atom stereocenters. The van der Waals surface area contributed by atoms with E-state index in [-0.39, 0.29) is 5.54 Å². The van der Waals surface area contributed by atoms with Gasteiger partial charge in [0.15, 0.2) is 0 Å². The smallest absolute Gasteiger partial charge is 0.0597 e. The summed E-state index contributed by atoms with van der Waals surface area (Å²) in [5, 5.41) is 4.50. The maximum Gasteiger partial charge on any atom is 0.0597 e. The number of nitrogens with zero attached hydrogens (tertiary/aromatic N) is 3. The van der Waals surface area contributed by atoms with Crippen LogP contribution in [0.5, 0.6) is 0 Å². The van der Waals surface area contributed by atoms with E-state index in [0.717, 1.165) is 31.6 Å². The summed E-state index contributed by atoms with van der Waals surface area (Å²) in [5.41, 5.74) is 8.47. The quantitative estimate of drug-likeness (QED) is 0.809. The van der Waals surface area contributed by atoms with Gasteiger partial charge in [0.2, 0.25) is 0 Å². The Balaban J connectivity index is 2.88. The topological polar surface area (TPSA) is 47.1 Å². The Morgan fingerprint density at radius 3 is 2.39 bits per heavy atom. The van der Waals surface area contributed by atoms with Crippen LogP contribution in [0.1, 0.15) is 45.0 Å². The van der Waals surface area contributed by atoms with Crippen LogP contribution in [0.4, 0.5) is 0 Å². The maximum absolute atomic E-state index is 6.00. The van der Waals surface area contributed by atoms with Crippen molar-refractivity contribution in [1.82, 2.24) is 14.7 Å². The Labute approximate surface area is 111 Å². The van der Waals surface area contributed by atoms with Crippen molar-refractivity contribution < 1.29 is 0 Å². The Bertz CT molecular complexity index is 358. The van der Waals surface area contributed by atoms with E-state index < -0.39 is 0 Å². The third-order valence-electron chi connectivity index (χ3n) is 4.19. The van der Waals surface area contributed by atoms with Crippen molar-refractivity contribution in [2.24, 2.45) is 5.73 Å². The molecule has 1 rings (SSSR count). The lowest BCUT2D eigenvalue weighted by Crippen LogP contribution is -2.51. The monoisotopic (exact) mass is 252 g/mol. The summed E-state index contributed by atoms with van der Waals surface area (Å²) in [5.74, 6) is 0.